The van der Waals surface area contributed by atoms with Crippen molar-refractivity contribution in [1.82, 2.24) is 5.32 Å². The van der Waals surface area contributed by atoms with Crippen molar-refractivity contribution in [1.29, 1.82) is 5.26 Å². The fourth-order valence-corrected chi connectivity index (χ4v) is 4.51. The minimum Gasteiger partial charge on any atom is -0.467 e. The van der Waals surface area contributed by atoms with Gasteiger partial charge in [0, 0.05) is 6.42 Å². The molecule has 5 heteroatoms. The van der Waals surface area contributed by atoms with Crippen molar-refractivity contribution in [2.24, 2.45) is 0 Å². The number of hydrogen-bond acceptors (Lipinski definition) is 4. The van der Waals surface area contributed by atoms with E-state index in [-0.39, 0.29) is 12.3 Å². The van der Waals surface area contributed by atoms with Crippen LogP contribution in [0.5, 0.6) is 0 Å². The van der Waals surface area contributed by atoms with Crippen molar-refractivity contribution in [2.45, 2.75) is 17.9 Å². The first-order valence-corrected chi connectivity index (χ1v) is 11.6. The Morgan fingerprint density at radius 1 is 0.778 bits per heavy atom. The Morgan fingerprint density at radius 3 is 1.61 bits per heavy atom. The second-order valence-electron chi connectivity index (χ2n) is 8.41. The highest BCUT2D eigenvalue weighted by atomic mass is 16.5. The second-order valence-corrected chi connectivity index (χ2v) is 8.41. The fourth-order valence-electron chi connectivity index (χ4n) is 4.51. The number of methoxy groups -OCH3 is 1. The first-order chi connectivity index (χ1) is 17.6. The molecule has 36 heavy (non-hydrogen) atoms. The molecule has 0 bridgehead atoms. The molecule has 1 atom stereocenters. The van der Waals surface area contributed by atoms with Gasteiger partial charge in [-0.05, 0) is 34.4 Å². The first-order valence-electron chi connectivity index (χ1n) is 11.6. The molecular formula is C31H26N2O3. The van der Waals surface area contributed by atoms with Crippen molar-refractivity contribution in [3.63, 3.8) is 0 Å². The molecule has 0 heterocycles. The highest BCUT2D eigenvalue weighted by Gasteiger charge is 2.45. The van der Waals surface area contributed by atoms with Crippen LogP contribution >= 0.6 is 0 Å². The molecule has 1 N–H and O–H groups in total. The van der Waals surface area contributed by atoms with Crippen LogP contribution < -0.4 is 5.32 Å². The molecule has 178 valence electrons. The third kappa shape index (κ3) is 4.89. The van der Waals surface area contributed by atoms with Gasteiger partial charge in [0.25, 0.3) is 0 Å². The molecule has 0 aliphatic heterocycles. The summed E-state index contributed by atoms with van der Waals surface area (Å²) in [6.45, 7) is 0. The van der Waals surface area contributed by atoms with Gasteiger partial charge in [0.2, 0.25) is 5.91 Å². The molecule has 0 fully saturated rings. The Labute approximate surface area is 211 Å². The lowest BCUT2D eigenvalue weighted by atomic mass is 9.68. The van der Waals surface area contributed by atoms with Gasteiger partial charge in [-0.2, -0.15) is 5.26 Å². The first kappa shape index (κ1) is 24.4. The lowest BCUT2D eigenvalue weighted by molar-refractivity contribution is -0.145. The predicted molar refractivity (Wildman–Crippen MR) is 138 cm³/mol. The predicted octanol–water partition coefficient (Wildman–Crippen LogP) is 4.79. The third-order valence-electron chi connectivity index (χ3n) is 6.27. The van der Waals surface area contributed by atoms with Crippen LogP contribution in [0.1, 0.15) is 27.8 Å². The average Bonchev–Trinajstić information content (AvgIpc) is 2.95. The van der Waals surface area contributed by atoms with Crippen molar-refractivity contribution >= 4 is 11.9 Å². The maximum Gasteiger partial charge on any atom is 0.328 e. The number of nitrogens with one attached hydrogen (secondary N) is 1. The monoisotopic (exact) mass is 474 g/mol. The number of amides is 1. The Balaban J connectivity index is 1.82. The molecule has 4 rings (SSSR count). The number of carbonyl (C=O) groups excluding carboxylic acids is 2. The Hall–Kier alpha value is -4.69. The van der Waals surface area contributed by atoms with Crippen LogP contribution in [0.15, 0.2) is 115 Å². The van der Waals surface area contributed by atoms with Gasteiger partial charge < -0.3 is 10.1 Å². The number of esters is 1. The lowest BCUT2D eigenvalue weighted by Gasteiger charge is -2.35. The maximum atomic E-state index is 14.4. The summed E-state index contributed by atoms with van der Waals surface area (Å²) >= 11 is 0. The molecule has 4 aromatic carbocycles. The average molecular weight is 475 g/mol. The van der Waals surface area contributed by atoms with Crippen LogP contribution in [-0.4, -0.2) is 25.0 Å². The fraction of sp³-hybridized carbons (Fsp3) is 0.129. The largest absolute Gasteiger partial charge is 0.467 e. The minimum atomic E-state index is -1.21. The Bertz CT molecular complexity index is 1250. The van der Waals surface area contributed by atoms with Crippen LogP contribution in [0.3, 0.4) is 0 Å². The van der Waals surface area contributed by atoms with Gasteiger partial charge in [-0.15, -0.1) is 0 Å². The zero-order chi connectivity index (χ0) is 25.4. The van der Waals surface area contributed by atoms with Gasteiger partial charge in [-0.25, -0.2) is 4.79 Å². The van der Waals surface area contributed by atoms with E-state index in [0.717, 1.165) is 22.3 Å². The quantitative estimate of drug-likeness (QED) is 0.294. The van der Waals surface area contributed by atoms with Crippen molar-refractivity contribution in [3.8, 4) is 6.07 Å². The van der Waals surface area contributed by atoms with E-state index in [4.69, 9.17) is 10.00 Å². The summed E-state index contributed by atoms with van der Waals surface area (Å²) in [5, 5.41) is 12.1. The maximum absolute atomic E-state index is 14.4. The summed E-state index contributed by atoms with van der Waals surface area (Å²) in [4.78, 5) is 27.2. The van der Waals surface area contributed by atoms with E-state index >= 15 is 0 Å². The zero-order valence-corrected chi connectivity index (χ0v) is 19.9. The topological polar surface area (TPSA) is 79.2 Å². The number of rotatable bonds is 8. The Kier molecular flexibility index (Phi) is 7.57. The number of nitriles is 1. The second kappa shape index (κ2) is 11.2. The highest BCUT2D eigenvalue weighted by molar-refractivity contribution is 5.98. The SMILES string of the molecule is COC(=O)[C@H](Cc1ccc(C#N)cc1)NC(=O)C(c1ccccc1)(c1ccccc1)c1ccccc1. The molecule has 0 radical (unpaired) electrons. The standard InChI is InChI=1S/C31H26N2O3/c1-36-29(34)28(21-23-17-19-24(22-32)20-18-23)33-30(35)31(25-11-5-2-6-12-25,26-13-7-3-8-14-26)27-15-9-4-10-16-27/h2-20,28H,21H2,1H3,(H,33,35)/t28-/m0/s1. The van der Waals surface area contributed by atoms with E-state index in [2.05, 4.69) is 11.4 Å². The molecule has 0 spiro atoms. The molecule has 1 amide bonds. The molecule has 0 aliphatic rings. The summed E-state index contributed by atoms with van der Waals surface area (Å²) in [5.41, 5.74) is 2.45. The number of hydrogen-bond donors (Lipinski definition) is 1. The molecular weight excluding hydrogens is 448 g/mol. The van der Waals surface area contributed by atoms with Crippen molar-refractivity contribution in [2.75, 3.05) is 7.11 Å². The normalized spacial score (nSPS) is 11.7. The van der Waals surface area contributed by atoms with Gasteiger partial charge >= 0.3 is 5.97 Å². The summed E-state index contributed by atoms with van der Waals surface area (Å²) in [5.74, 6) is -0.883. The van der Waals surface area contributed by atoms with E-state index in [0.29, 0.717) is 5.56 Å². The van der Waals surface area contributed by atoms with Gasteiger partial charge in [0.1, 0.15) is 11.5 Å². The number of nitrogens with zero attached hydrogens (tertiary/aromatic N) is 1. The van der Waals surface area contributed by atoms with Crippen LogP contribution in [-0.2, 0) is 26.2 Å². The minimum absolute atomic E-state index is 0.221. The molecule has 5 nitrogen and oxygen atoms in total. The number of carbonyl (C=O) groups is 2. The summed E-state index contributed by atoms with van der Waals surface area (Å²) < 4.78 is 5.05. The third-order valence-corrected chi connectivity index (χ3v) is 6.27. The summed E-state index contributed by atoms with van der Waals surface area (Å²) in [6, 6.07) is 36.8. The van der Waals surface area contributed by atoms with Crippen LogP contribution in [0.4, 0.5) is 0 Å². The molecule has 0 aliphatic carbocycles. The number of ether oxygens (including phenoxy) is 1. The van der Waals surface area contributed by atoms with Crippen molar-refractivity contribution < 1.29 is 14.3 Å². The van der Waals surface area contributed by atoms with E-state index in [9.17, 15) is 9.59 Å². The number of benzene rings is 4. The smallest absolute Gasteiger partial charge is 0.328 e. The van der Waals surface area contributed by atoms with Gasteiger partial charge in [-0.3, -0.25) is 4.79 Å². The highest BCUT2D eigenvalue weighted by Crippen LogP contribution is 2.39. The van der Waals surface area contributed by atoms with Gasteiger partial charge in [0.15, 0.2) is 0 Å². The molecule has 0 saturated carbocycles. The van der Waals surface area contributed by atoms with E-state index in [1.54, 1.807) is 24.3 Å². The van der Waals surface area contributed by atoms with E-state index in [1.165, 1.54) is 7.11 Å². The van der Waals surface area contributed by atoms with Crippen molar-refractivity contribution in [3.05, 3.63) is 143 Å². The van der Waals surface area contributed by atoms with Gasteiger partial charge in [-0.1, -0.05) is 103 Å². The van der Waals surface area contributed by atoms with Crippen LogP contribution in [0.25, 0.3) is 0 Å². The summed E-state index contributed by atoms with van der Waals surface area (Å²) in [6.07, 6.45) is 0.221. The molecule has 0 aromatic heterocycles. The summed E-state index contributed by atoms with van der Waals surface area (Å²) in [7, 11) is 1.30. The van der Waals surface area contributed by atoms with Gasteiger partial charge in [0.05, 0.1) is 18.7 Å². The van der Waals surface area contributed by atoms with Crippen LogP contribution in [0, 0.1) is 11.3 Å². The van der Waals surface area contributed by atoms with Crippen LogP contribution in [0.2, 0.25) is 0 Å². The molecule has 0 unspecified atom stereocenters. The lowest BCUT2D eigenvalue weighted by Crippen LogP contribution is -2.52. The Morgan fingerprint density at radius 2 is 1.22 bits per heavy atom. The zero-order valence-electron chi connectivity index (χ0n) is 19.9. The van der Waals surface area contributed by atoms with E-state index < -0.39 is 17.4 Å². The molecule has 0 saturated heterocycles. The van der Waals surface area contributed by atoms with E-state index in [1.807, 2.05) is 91.0 Å². The molecule has 4 aromatic rings.